The van der Waals surface area contributed by atoms with E-state index in [1.165, 1.54) is 0 Å². The largest absolute Gasteiger partial charge is 0.444 e. The molecule has 2 rings (SSSR count). The average molecular weight is 291 g/mol. The molecule has 0 spiro atoms. The number of hydrogen-bond acceptors (Lipinski definition) is 4. The van der Waals surface area contributed by atoms with Crippen molar-refractivity contribution in [1.29, 1.82) is 0 Å². The molecule has 1 aromatic carbocycles. The lowest BCUT2D eigenvalue weighted by Crippen LogP contribution is -2.28. The molecule has 116 valence electrons. The van der Waals surface area contributed by atoms with Crippen LogP contribution in [0.1, 0.15) is 40.0 Å². The van der Waals surface area contributed by atoms with Crippen molar-refractivity contribution in [2.24, 2.45) is 5.73 Å². The Morgan fingerprint density at radius 3 is 2.48 bits per heavy atom. The van der Waals surface area contributed by atoms with Crippen LogP contribution in [0.4, 0.5) is 16.2 Å². The Labute approximate surface area is 126 Å². The van der Waals surface area contributed by atoms with E-state index in [0.717, 1.165) is 30.6 Å². The highest BCUT2D eigenvalue weighted by Crippen LogP contribution is 2.27. The number of carbonyl (C=O) groups excluding carboxylic acids is 1. The van der Waals surface area contributed by atoms with E-state index < -0.39 is 11.7 Å². The highest BCUT2D eigenvalue weighted by molar-refractivity contribution is 5.89. The first-order chi connectivity index (χ1) is 9.83. The van der Waals surface area contributed by atoms with E-state index in [1.54, 1.807) is 0 Å². The van der Waals surface area contributed by atoms with Crippen LogP contribution in [-0.2, 0) is 4.74 Å². The molecule has 0 aromatic heterocycles. The molecule has 1 aliphatic carbocycles. The third-order valence-electron chi connectivity index (χ3n) is 3.40. The fraction of sp³-hybridized carbons (Fsp3) is 0.562. The molecular weight excluding hydrogens is 266 g/mol. The summed E-state index contributed by atoms with van der Waals surface area (Å²) >= 11 is 0. The third-order valence-corrected chi connectivity index (χ3v) is 3.40. The molecule has 1 saturated carbocycles. The maximum Gasteiger partial charge on any atom is 0.412 e. The molecule has 1 fully saturated rings. The van der Waals surface area contributed by atoms with Gasteiger partial charge in [0.25, 0.3) is 0 Å². The summed E-state index contributed by atoms with van der Waals surface area (Å²) in [4.78, 5) is 11.9. The number of carbonyl (C=O) groups is 1. The number of nitrogens with one attached hydrogen (secondary N) is 2. The van der Waals surface area contributed by atoms with Crippen molar-refractivity contribution in [2.45, 2.75) is 57.7 Å². The van der Waals surface area contributed by atoms with Gasteiger partial charge in [-0.25, -0.2) is 4.79 Å². The zero-order valence-electron chi connectivity index (χ0n) is 13.0. The molecule has 4 N–H and O–H groups in total. The van der Waals surface area contributed by atoms with Gasteiger partial charge in [-0.2, -0.15) is 0 Å². The predicted molar refractivity (Wildman–Crippen MR) is 85.5 cm³/mol. The van der Waals surface area contributed by atoms with Crippen LogP contribution < -0.4 is 16.4 Å². The summed E-state index contributed by atoms with van der Waals surface area (Å²) in [5, 5.41) is 6.26. The first-order valence-corrected chi connectivity index (χ1v) is 7.44. The van der Waals surface area contributed by atoms with Crippen molar-refractivity contribution in [1.82, 2.24) is 0 Å². The molecule has 0 saturated heterocycles. The minimum absolute atomic E-state index is 0.272. The van der Waals surface area contributed by atoms with Crippen molar-refractivity contribution in [2.75, 3.05) is 10.6 Å². The van der Waals surface area contributed by atoms with Gasteiger partial charge in [-0.3, -0.25) is 5.32 Å². The predicted octanol–water partition coefficient (Wildman–Crippen LogP) is 3.33. The van der Waals surface area contributed by atoms with E-state index in [9.17, 15) is 4.79 Å². The molecule has 0 radical (unpaired) electrons. The zero-order chi connectivity index (χ0) is 15.5. The summed E-state index contributed by atoms with van der Waals surface area (Å²) in [6.07, 6.45) is 2.61. The van der Waals surface area contributed by atoms with Crippen LogP contribution in [0.25, 0.3) is 0 Å². The van der Waals surface area contributed by atoms with Crippen LogP contribution in [0.5, 0.6) is 0 Å². The Hall–Kier alpha value is -1.75. The van der Waals surface area contributed by atoms with Crippen molar-refractivity contribution in [3.63, 3.8) is 0 Å². The van der Waals surface area contributed by atoms with Gasteiger partial charge in [-0.05, 0) is 52.2 Å². The number of anilines is 2. The van der Waals surface area contributed by atoms with Gasteiger partial charge in [0, 0.05) is 12.1 Å². The van der Waals surface area contributed by atoms with E-state index in [0.29, 0.717) is 6.04 Å². The van der Waals surface area contributed by atoms with E-state index in [-0.39, 0.29) is 6.04 Å². The van der Waals surface area contributed by atoms with Gasteiger partial charge in [-0.1, -0.05) is 12.1 Å². The normalized spacial score (nSPS) is 21.9. The molecular formula is C16H25N3O2. The number of hydrogen-bond donors (Lipinski definition) is 3. The van der Waals surface area contributed by atoms with Gasteiger partial charge in [0.2, 0.25) is 0 Å². The summed E-state index contributed by atoms with van der Waals surface area (Å²) in [6, 6.07) is 8.28. The highest BCUT2D eigenvalue weighted by Gasteiger charge is 2.22. The summed E-state index contributed by atoms with van der Waals surface area (Å²) in [7, 11) is 0. The number of para-hydroxylation sites is 2. The van der Waals surface area contributed by atoms with Crippen LogP contribution in [0.15, 0.2) is 24.3 Å². The lowest BCUT2D eigenvalue weighted by Gasteiger charge is -2.21. The fourth-order valence-corrected chi connectivity index (χ4v) is 2.50. The molecule has 1 amide bonds. The Kier molecular flexibility index (Phi) is 4.73. The van der Waals surface area contributed by atoms with E-state index >= 15 is 0 Å². The van der Waals surface area contributed by atoms with E-state index in [2.05, 4.69) is 10.6 Å². The van der Waals surface area contributed by atoms with Crippen LogP contribution in [0.3, 0.4) is 0 Å². The van der Waals surface area contributed by atoms with E-state index in [1.807, 2.05) is 45.0 Å². The van der Waals surface area contributed by atoms with Crippen LogP contribution in [-0.4, -0.2) is 23.8 Å². The Morgan fingerprint density at radius 2 is 1.90 bits per heavy atom. The first kappa shape index (κ1) is 15.6. The standard InChI is InChI=1S/C16H25N3O2/c1-16(2,3)21-15(20)19-14-7-5-4-6-13(14)18-12-9-8-11(17)10-12/h4-7,11-12,18H,8-10,17H2,1-3H3,(H,19,20). The van der Waals surface area contributed by atoms with Gasteiger partial charge in [-0.15, -0.1) is 0 Å². The summed E-state index contributed by atoms with van der Waals surface area (Å²) in [5.74, 6) is 0. The smallest absolute Gasteiger partial charge is 0.412 e. The number of benzene rings is 1. The summed E-state index contributed by atoms with van der Waals surface area (Å²) in [6.45, 7) is 5.53. The van der Waals surface area contributed by atoms with Gasteiger partial charge in [0.1, 0.15) is 5.60 Å². The molecule has 0 aliphatic heterocycles. The SMILES string of the molecule is CC(C)(C)OC(=O)Nc1ccccc1NC1CCC(N)C1. The molecule has 5 heteroatoms. The number of ether oxygens (including phenoxy) is 1. The maximum atomic E-state index is 11.9. The fourth-order valence-electron chi connectivity index (χ4n) is 2.50. The summed E-state index contributed by atoms with van der Waals surface area (Å²) in [5.41, 5.74) is 7.06. The van der Waals surface area contributed by atoms with Crippen LogP contribution in [0.2, 0.25) is 0 Å². The quantitative estimate of drug-likeness (QED) is 0.798. The second-order valence-corrected chi connectivity index (χ2v) is 6.59. The monoisotopic (exact) mass is 291 g/mol. The van der Waals surface area contributed by atoms with Gasteiger partial charge >= 0.3 is 6.09 Å². The van der Waals surface area contributed by atoms with Crippen LogP contribution in [0, 0.1) is 0 Å². The van der Waals surface area contributed by atoms with Gasteiger partial charge in [0.15, 0.2) is 0 Å². The number of nitrogens with two attached hydrogens (primary N) is 1. The average Bonchev–Trinajstić information content (AvgIpc) is 2.75. The molecule has 1 aromatic rings. The second kappa shape index (κ2) is 6.35. The number of amides is 1. The Morgan fingerprint density at radius 1 is 1.24 bits per heavy atom. The lowest BCUT2D eigenvalue weighted by molar-refractivity contribution is 0.0636. The van der Waals surface area contributed by atoms with Crippen molar-refractivity contribution in [3.05, 3.63) is 24.3 Å². The molecule has 2 atom stereocenters. The minimum atomic E-state index is -0.509. The Bertz CT molecular complexity index is 497. The van der Waals surface area contributed by atoms with Gasteiger partial charge < -0.3 is 15.8 Å². The van der Waals surface area contributed by atoms with Crippen molar-refractivity contribution < 1.29 is 9.53 Å². The van der Waals surface area contributed by atoms with E-state index in [4.69, 9.17) is 10.5 Å². The molecule has 1 aliphatic rings. The minimum Gasteiger partial charge on any atom is -0.444 e. The highest BCUT2D eigenvalue weighted by atomic mass is 16.6. The third kappa shape index (κ3) is 4.93. The molecule has 0 bridgehead atoms. The zero-order valence-corrected chi connectivity index (χ0v) is 13.0. The lowest BCUT2D eigenvalue weighted by atomic mass is 10.2. The van der Waals surface area contributed by atoms with Crippen LogP contribution >= 0.6 is 0 Å². The van der Waals surface area contributed by atoms with Crippen molar-refractivity contribution >= 4 is 17.5 Å². The van der Waals surface area contributed by atoms with Crippen molar-refractivity contribution in [3.8, 4) is 0 Å². The molecule has 21 heavy (non-hydrogen) atoms. The maximum absolute atomic E-state index is 11.9. The summed E-state index contributed by atoms with van der Waals surface area (Å²) < 4.78 is 5.29. The molecule has 2 unspecified atom stereocenters. The first-order valence-electron chi connectivity index (χ1n) is 7.44. The van der Waals surface area contributed by atoms with Gasteiger partial charge in [0.05, 0.1) is 11.4 Å². The molecule has 5 nitrogen and oxygen atoms in total. The topological polar surface area (TPSA) is 76.4 Å². The second-order valence-electron chi connectivity index (χ2n) is 6.59. The molecule has 0 heterocycles. The number of rotatable bonds is 3. The Balaban J connectivity index is 2.01.